The van der Waals surface area contributed by atoms with E-state index in [1.54, 1.807) is 0 Å². The second kappa shape index (κ2) is 7.21. The van der Waals surface area contributed by atoms with Crippen LogP contribution in [0.1, 0.15) is 35.7 Å². The molecule has 2 atom stereocenters. The molecule has 0 saturated carbocycles. The van der Waals surface area contributed by atoms with Crippen molar-refractivity contribution in [3.8, 4) is 11.8 Å². The maximum atomic E-state index is 13.8. The van der Waals surface area contributed by atoms with Gasteiger partial charge in [0.05, 0.1) is 24.3 Å². The zero-order valence-corrected chi connectivity index (χ0v) is 11.9. The Kier molecular flexibility index (Phi) is 5.32. The van der Waals surface area contributed by atoms with Crippen molar-refractivity contribution in [1.29, 1.82) is 0 Å². The SMILES string of the molecule is CC1OCCC1NC(=O)c1cc(C#CCCO)ccc1F. The van der Waals surface area contributed by atoms with E-state index in [-0.39, 0.29) is 24.3 Å². The molecule has 1 aliphatic rings. The van der Waals surface area contributed by atoms with Crippen LogP contribution in [0.25, 0.3) is 0 Å². The molecule has 21 heavy (non-hydrogen) atoms. The van der Waals surface area contributed by atoms with Gasteiger partial charge < -0.3 is 15.2 Å². The minimum absolute atomic E-state index is 0.0232. The molecule has 4 nitrogen and oxygen atoms in total. The van der Waals surface area contributed by atoms with E-state index >= 15 is 0 Å². The van der Waals surface area contributed by atoms with Crippen molar-refractivity contribution in [2.24, 2.45) is 0 Å². The summed E-state index contributed by atoms with van der Waals surface area (Å²) >= 11 is 0. The number of halogens is 1. The highest BCUT2D eigenvalue weighted by Crippen LogP contribution is 2.15. The molecule has 1 heterocycles. The molecule has 2 unspecified atom stereocenters. The fraction of sp³-hybridized carbons (Fsp3) is 0.438. The minimum Gasteiger partial charge on any atom is -0.395 e. The molecule has 0 aromatic heterocycles. The number of carbonyl (C=O) groups is 1. The number of rotatable bonds is 3. The van der Waals surface area contributed by atoms with Gasteiger partial charge in [-0.1, -0.05) is 11.8 Å². The highest BCUT2D eigenvalue weighted by Gasteiger charge is 2.26. The van der Waals surface area contributed by atoms with Gasteiger partial charge in [-0.3, -0.25) is 4.79 Å². The molecule has 0 spiro atoms. The van der Waals surface area contributed by atoms with Crippen LogP contribution in [0.2, 0.25) is 0 Å². The van der Waals surface area contributed by atoms with E-state index in [1.807, 2.05) is 6.92 Å². The Morgan fingerprint density at radius 1 is 1.57 bits per heavy atom. The summed E-state index contributed by atoms with van der Waals surface area (Å²) in [4.78, 5) is 12.2. The van der Waals surface area contributed by atoms with Crippen LogP contribution in [0.4, 0.5) is 4.39 Å². The van der Waals surface area contributed by atoms with Crippen molar-refractivity contribution in [3.05, 3.63) is 35.1 Å². The van der Waals surface area contributed by atoms with E-state index in [9.17, 15) is 9.18 Å². The van der Waals surface area contributed by atoms with Gasteiger partial charge in [-0.05, 0) is 31.5 Å². The number of aliphatic hydroxyl groups excluding tert-OH is 1. The van der Waals surface area contributed by atoms with E-state index in [2.05, 4.69) is 17.2 Å². The van der Waals surface area contributed by atoms with Crippen molar-refractivity contribution in [1.82, 2.24) is 5.32 Å². The lowest BCUT2D eigenvalue weighted by atomic mass is 10.1. The predicted octanol–water partition coefficient (Wildman–Crippen LogP) is 1.47. The first-order chi connectivity index (χ1) is 10.1. The number of hydrogen-bond donors (Lipinski definition) is 2. The second-order valence-corrected chi connectivity index (χ2v) is 4.91. The highest BCUT2D eigenvalue weighted by molar-refractivity contribution is 5.95. The molecule has 1 aromatic carbocycles. The van der Waals surface area contributed by atoms with Gasteiger partial charge in [0.15, 0.2) is 0 Å². The molecule has 0 aliphatic carbocycles. The monoisotopic (exact) mass is 291 g/mol. The highest BCUT2D eigenvalue weighted by atomic mass is 19.1. The van der Waals surface area contributed by atoms with Gasteiger partial charge in [-0.25, -0.2) is 4.39 Å². The molecule has 1 amide bonds. The molecule has 2 N–H and O–H groups in total. The van der Waals surface area contributed by atoms with Crippen molar-refractivity contribution >= 4 is 5.91 Å². The largest absolute Gasteiger partial charge is 0.395 e. The number of carbonyl (C=O) groups excluding carboxylic acids is 1. The third-order valence-corrected chi connectivity index (χ3v) is 3.37. The normalized spacial score (nSPS) is 20.7. The summed E-state index contributed by atoms with van der Waals surface area (Å²) in [5.41, 5.74) is 0.524. The van der Waals surface area contributed by atoms with E-state index in [0.717, 1.165) is 6.42 Å². The van der Waals surface area contributed by atoms with Crippen molar-refractivity contribution in [2.75, 3.05) is 13.2 Å². The Morgan fingerprint density at radius 2 is 2.38 bits per heavy atom. The Labute approximate surface area is 123 Å². The molecule has 1 fully saturated rings. The van der Waals surface area contributed by atoms with Gasteiger partial charge in [0.1, 0.15) is 5.82 Å². The quantitative estimate of drug-likeness (QED) is 0.829. The summed E-state index contributed by atoms with van der Waals surface area (Å²) in [6.45, 7) is 2.45. The number of ether oxygens (including phenoxy) is 1. The average molecular weight is 291 g/mol. The van der Waals surface area contributed by atoms with Crippen LogP contribution < -0.4 is 5.32 Å². The predicted molar refractivity (Wildman–Crippen MR) is 76.3 cm³/mol. The summed E-state index contributed by atoms with van der Waals surface area (Å²) in [7, 11) is 0. The molecular formula is C16H18FNO3. The maximum Gasteiger partial charge on any atom is 0.254 e. The Hall–Kier alpha value is -1.90. The standard InChI is InChI=1S/C16H18FNO3/c1-11-15(7-9-21-11)18-16(20)13-10-12(4-2-3-8-19)5-6-14(13)17/h5-6,10-11,15,19H,3,7-9H2,1H3,(H,18,20). The smallest absolute Gasteiger partial charge is 0.254 e. The molecule has 0 bridgehead atoms. The maximum absolute atomic E-state index is 13.8. The lowest BCUT2D eigenvalue weighted by molar-refractivity contribution is 0.0862. The van der Waals surface area contributed by atoms with Gasteiger partial charge >= 0.3 is 0 Å². The molecule has 2 rings (SSSR count). The number of hydrogen-bond acceptors (Lipinski definition) is 3. The first kappa shape index (κ1) is 15.5. The number of amides is 1. The van der Waals surface area contributed by atoms with Crippen LogP contribution >= 0.6 is 0 Å². The lowest BCUT2D eigenvalue weighted by Gasteiger charge is -2.16. The zero-order valence-electron chi connectivity index (χ0n) is 11.9. The molecule has 5 heteroatoms. The van der Waals surface area contributed by atoms with Gasteiger partial charge in [0.25, 0.3) is 5.91 Å². The molecule has 0 radical (unpaired) electrons. The average Bonchev–Trinajstić information content (AvgIpc) is 2.86. The number of benzene rings is 1. The minimum atomic E-state index is -0.577. The van der Waals surface area contributed by atoms with Crippen molar-refractivity contribution in [3.63, 3.8) is 0 Å². The van der Waals surface area contributed by atoms with Gasteiger partial charge in [0, 0.05) is 18.6 Å². The fourth-order valence-electron chi connectivity index (χ4n) is 2.16. The first-order valence-electron chi connectivity index (χ1n) is 6.93. The van der Waals surface area contributed by atoms with Crippen LogP contribution in [0.5, 0.6) is 0 Å². The third-order valence-electron chi connectivity index (χ3n) is 3.37. The third kappa shape index (κ3) is 4.03. The van der Waals surface area contributed by atoms with Crippen molar-refractivity contribution in [2.45, 2.75) is 31.9 Å². The molecule has 1 aliphatic heterocycles. The first-order valence-corrected chi connectivity index (χ1v) is 6.93. The summed E-state index contributed by atoms with van der Waals surface area (Å²) in [6, 6.07) is 4.07. The fourth-order valence-corrected chi connectivity index (χ4v) is 2.16. The summed E-state index contributed by atoms with van der Waals surface area (Å²) in [6.07, 6.45) is 1.00. The van der Waals surface area contributed by atoms with E-state index in [4.69, 9.17) is 9.84 Å². The summed E-state index contributed by atoms with van der Waals surface area (Å²) < 4.78 is 19.2. The second-order valence-electron chi connectivity index (χ2n) is 4.91. The van der Waals surface area contributed by atoms with Gasteiger partial charge in [-0.15, -0.1) is 0 Å². The zero-order chi connectivity index (χ0) is 15.2. The number of nitrogens with one attached hydrogen (secondary N) is 1. The van der Waals surface area contributed by atoms with Crippen LogP contribution in [0, 0.1) is 17.7 Å². The van der Waals surface area contributed by atoms with Crippen LogP contribution in [0.15, 0.2) is 18.2 Å². The molecule has 1 saturated heterocycles. The number of aliphatic hydroxyl groups is 1. The molecule has 1 aromatic rings. The van der Waals surface area contributed by atoms with Gasteiger partial charge in [-0.2, -0.15) is 0 Å². The van der Waals surface area contributed by atoms with E-state index < -0.39 is 11.7 Å². The van der Waals surface area contributed by atoms with E-state index in [1.165, 1.54) is 18.2 Å². The molecular weight excluding hydrogens is 273 g/mol. The topological polar surface area (TPSA) is 58.6 Å². The Morgan fingerprint density at radius 3 is 3.05 bits per heavy atom. The Bertz CT molecular complexity index is 577. The van der Waals surface area contributed by atoms with Crippen LogP contribution in [0.3, 0.4) is 0 Å². The lowest BCUT2D eigenvalue weighted by Crippen LogP contribution is -2.39. The summed E-state index contributed by atoms with van der Waals surface area (Å²) in [5.74, 6) is 4.50. The molecule has 112 valence electrons. The Balaban J connectivity index is 2.12. The van der Waals surface area contributed by atoms with Gasteiger partial charge in [0.2, 0.25) is 0 Å². The van der Waals surface area contributed by atoms with Crippen LogP contribution in [-0.4, -0.2) is 36.4 Å². The van der Waals surface area contributed by atoms with E-state index in [0.29, 0.717) is 18.6 Å². The van der Waals surface area contributed by atoms with Crippen molar-refractivity contribution < 1.29 is 19.0 Å². The summed E-state index contributed by atoms with van der Waals surface area (Å²) in [5, 5.41) is 11.5. The van der Waals surface area contributed by atoms with Crippen LogP contribution in [-0.2, 0) is 4.74 Å².